The molecule has 4 rings (SSSR count). The minimum absolute atomic E-state index is 0.680. The maximum atomic E-state index is 3.93. The molecule has 2 fully saturated rings. The predicted molar refractivity (Wildman–Crippen MR) is 94.9 cm³/mol. The van der Waals surface area contributed by atoms with Crippen molar-refractivity contribution < 1.29 is 0 Å². The van der Waals surface area contributed by atoms with Crippen LogP contribution in [0.25, 0.3) is 6.08 Å². The predicted octanol–water partition coefficient (Wildman–Crippen LogP) is 6.21. The third-order valence-electron chi connectivity index (χ3n) is 7.79. The molecular formula is C22H30. The van der Waals surface area contributed by atoms with E-state index in [0.29, 0.717) is 5.41 Å². The van der Waals surface area contributed by atoms with E-state index >= 15 is 0 Å². The maximum absolute atomic E-state index is 3.93. The van der Waals surface area contributed by atoms with Gasteiger partial charge in [0.2, 0.25) is 0 Å². The van der Waals surface area contributed by atoms with Crippen molar-refractivity contribution in [3.05, 3.63) is 41.5 Å². The summed E-state index contributed by atoms with van der Waals surface area (Å²) in [6, 6.07) is 7.12. The van der Waals surface area contributed by atoms with Crippen LogP contribution in [0.3, 0.4) is 0 Å². The second-order valence-electron chi connectivity index (χ2n) is 8.18. The van der Waals surface area contributed by atoms with Crippen molar-refractivity contribution >= 4 is 6.08 Å². The van der Waals surface area contributed by atoms with E-state index in [4.69, 9.17) is 0 Å². The first-order valence-electron chi connectivity index (χ1n) is 9.45. The molecule has 1 aromatic rings. The Kier molecular flexibility index (Phi) is 3.47. The molecule has 0 aliphatic heterocycles. The van der Waals surface area contributed by atoms with Crippen LogP contribution in [-0.4, -0.2) is 0 Å². The van der Waals surface area contributed by atoms with Crippen molar-refractivity contribution in [2.24, 2.45) is 23.2 Å². The van der Waals surface area contributed by atoms with E-state index in [-0.39, 0.29) is 0 Å². The summed E-state index contributed by atoms with van der Waals surface area (Å²) in [6.45, 7) is 8.93. The van der Waals surface area contributed by atoms with Crippen LogP contribution in [0.15, 0.2) is 24.8 Å². The fraction of sp³-hybridized carbons (Fsp3) is 0.636. The minimum Gasteiger partial charge on any atom is -0.0985 e. The molecule has 3 aliphatic carbocycles. The lowest BCUT2D eigenvalue weighted by Gasteiger charge is -2.52. The molecule has 0 bridgehead atoms. The van der Waals surface area contributed by atoms with Gasteiger partial charge in [-0.15, -0.1) is 0 Å². The first-order chi connectivity index (χ1) is 10.7. The third-order valence-corrected chi connectivity index (χ3v) is 7.79. The molecule has 0 radical (unpaired) electrons. The summed E-state index contributed by atoms with van der Waals surface area (Å²) in [5, 5.41) is 0. The standard InChI is InChI=1S/C22H30/c1-4-16-7-9-18-17(14-16)8-10-20-19(18)12-13-22(5-2)15(3)6-11-21(20)22/h4,7,9,14-15,19-21H,1,5-6,8,10-13H2,2-3H3/t15-,19?,20?,21?,22+/m0/s1. The molecule has 22 heavy (non-hydrogen) atoms. The fourth-order valence-corrected chi connectivity index (χ4v) is 6.59. The highest BCUT2D eigenvalue weighted by atomic mass is 14.6. The van der Waals surface area contributed by atoms with Gasteiger partial charge in [-0.3, -0.25) is 0 Å². The largest absolute Gasteiger partial charge is 0.0985 e. The topological polar surface area (TPSA) is 0 Å². The lowest BCUT2D eigenvalue weighted by molar-refractivity contribution is 0.0137. The van der Waals surface area contributed by atoms with Crippen LogP contribution >= 0.6 is 0 Å². The molecular weight excluding hydrogens is 264 g/mol. The molecule has 0 spiro atoms. The first-order valence-corrected chi connectivity index (χ1v) is 9.45. The van der Waals surface area contributed by atoms with Crippen LogP contribution in [0.4, 0.5) is 0 Å². The Bertz CT molecular complexity index is 584. The molecule has 2 saturated carbocycles. The maximum Gasteiger partial charge on any atom is -0.0128 e. The van der Waals surface area contributed by atoms with Crippen LogP contribution in [0.1, 0.15) is 75.0 Å². The number of rotatable bonds is 2. The van der Waals surface area contributed by atoms with E-state index in [1.807, 2.05) is 6.08 Å². The van der Waals surface area contributed by atoms with E-state index in [2.05, 4.69) is 38.6 Å². The van der Waals surface area contributed by atoms with Gasteiger partial charge >= 0.3 is 0 Å². The van der Waals surface area contributed by atoms with E-state index in [9.17, 15) is 0 Å². The molecule has 0 saturated heterocycles. The highest BCUT2D eigenvalue weighted by Crippen LogP contribution is 2.64. The first kappa shape index (κ1) is 14.5. The Hall–Kier alpha value is -1.04. The lowest BCUT2D eigenvalue weighted by Crippen LogP contribution is -2.43. The number of benzene rings is 1. The van der Waals surface area contributed by atoms with Crippen LogP contribution in [0.5, 0.6) is 0 Å². The van der Waals surface area contributed by atoms with E-state index in [1.165, 1.54) is 50.5 Å². The van der Waals surface area contributed by atoms with Crippen molar-refractivity contribution in [3.8, 4) is 0 Å². The lowest BCUT2D eigenvalue weighted by atomic mass is 9.53. The van der Waals surface area contributed by atoms with Crippen LogP contribution in [-0.2, 0) is 6.42 Å². The van der Waals surface area contributed by atoms with Gasteiger partial charge in [0.1, 0.15) is 0 Å². The number of hydrogen-bond donors (Lipinski definition) is 0. The summed E-state index contributed by atoms with van der Waals surface area (Å²) in [4.78, 5) is 0. The van der Waals surface area contributed by atoms with Crippen molar-refractivity contribution in [2.45, 2.75) is 64.7 Å². The van der Waals surface area contributed by atoms with E-state index < -0.39 is 0 Å². The number of fused-ring (bicyclic) bond motifs is 5. The van der Waals surface area contributed by atoms with Gasteiger partial charge in [0, 0.05) is 0 Å². The van der Waals surface area contributed by atoms with Gasteiger partial charge in [0.05, 0.1) is 0 Å². The molecule has 0 aromatic heterocycles. The smallest absolute Gasteiger partial charge is 0.0128 e. The Morgan fingerprint density at radius 1 is 1.23 bits per heavy atom. The Labute approximate surface area is 136 Å². The second kappa shape index (κ2) is 5.25. The summed E-state index contributed by atoms with van der Waals surface area (Å²) in [5.74, 6) is 3.75. The second-order valence-corrected chi connectivity index (χ2v) is 8.18. The summed E-state index contributed by atoms with van der Waals surface area (Å²) in [6.07, 6.45) is 12.0. The average molecular weight is 294 g/mol. The number of aryl methyl sites for hydroxylation is 1. The van der Waals surface area contributed by atoms with Gasteiger partial charge in [0.15, 0.2) is 0 Å². The molecule has 3 aliphatic rings. The van der Waals surface area contributed by atoms with Gasteiger partial charge in [0.25, 0.3) is 0 Å². The summed E-state index contributed by atoms with van der Waals surface area (Å²) in [7, 11) is 0. The van der Waals surface area contributed by atoms with Crippen molar-refractivity contribution in [3.63, 3.8) is 0 Å². The molecule has 3 unspecified atom stereocenters. The minimum atomic E-state index is 0.680. The Morgan fingerprint density at radius 3 is 2.86 bits per heavy atom. The summed E-state index contributed by atoms with van der Waals surface area (Å²) >= 11 is 0. The highest BCUT2D eigenvalue weighted by molar-refractivity contribution is 5.51. The van der Waals surface area contributed by atoms with Gasteiger partial charge < -0.3 is 0 Å². The molecule has 0 amide bonds. The zero-order chi connectivity index (χ0) is 15.3. The zero-order valence-corrected chi connectivity index (χ0v) is 14.3. The SMILES string of the molecule is C=Cc1ccc2c(c1)CCC1C2CC[C@@]2(CC)C1CC[C@@H]2C. The van der Waals surface area contributed by atoms with E-state index in [0.717, 1.165) is 23.7 Å². The van der Waals surface area contributed by atoms with Crippen molar-refractivity contribution in [1.29, 1.82) is 0 Å². The third kappa shape index (κ3) is 1.88. The molecule has 118 valence electrons. The van der Waals surface area contributed by atoms with Gasteiger partial charge in [-0.1, -0.05) is 44.7 Å². The van der Waals surface area contributed by atoms with Crippen LogP contribution in [0, 0.1) is 23.2 Å². The molecule has 1 aromatic carbocycles. The van der Waals surface area contributed by atoms with Gasteiger partial charge in [-0.05, 0) is 90.7 Å². The van der Waals surface area contributed by atoms with Crippen molar-refractivity contribution in [1.82, 2.24) is 0 Å². The van der Waals surface area contributed by atoms with Gasteiger partial charge in [-0.25, -0.2) is 0 Å². The normalized spacial score (nSPS) is 39.7. The molecule has 0 nitrogen and oxygen atoms in total. The van der Waals surface area contributed by atoms with Crippen LogP contribution in [0.2, 0.25) is 0 Å². The highest BCUT2D eigenvalue weighted by Gasteiger charge is 2.54. The Balaban J connectivity index is 1.70. The monoisotopic (exact) mass is 294 g/mol. The van der Waals surface area contributed by atoms with Crippen molar-refractivity contribution in [2.75, 3.05) is 0 Å². The van der Waals surface area contributed by atoms with Gasteiger partial charge in [-0.2, -0.15) is 0 Å². The molecule has 0 N–H and O–H groups in total. The summed E-state index contributed by atoms with van der Waals surface area (Å²) in [5.41, 5.74) is 5.28. The average Bonchev–Trinajstić information content (AvgIpc) is 2.91. The zero-order valence-electron chi connectivity index (χ0n) is 14.3. The van der Waals surface area contributed by atoms with E-state index in [1.54, 1.807) is 11.1 Å². The Morgan fingerprint density at radius 2 is 2.09 bits per heavy atom. The molecule has 0 heterocycles. The van der Waals surface area contributed by atoms with Crippen LogP contribution < -0.4 is 0 Å². The summed E-state index contributed by atoms with van der Waals surface area (Å²) < 4.78 is 0. The molecule has 5 atom stereocenters. The molecule has 0 heteroatoms. The number of hydrogen-bond acceptors (Lipinski definition) is 0. The quantitative estimate of drug-likeness (QED) is 0.608. The fourth-order valence-electron chi connectivity index (χ4n) is 6.59.